The molecule has 0 aliphatic carbocycles. The molecule has 1 aromatic carbocycles. The van der Waals surface area contributed by atoms with Gasteiger partial charge in [-0.1, -0.05) is 38.4 Å². The number of halogens is 2. The van der Waals surface area contributed by atoms with Crippen LogP contribution < -0.4 is 16.0 Å². The third-order valence-corrected chi connectivity index (χ3v) is 5.55. The van der Waals surface area contributed by atoms with Gasteiger partial charge in [-0.2, -0.15) is 0 Å². The first-order chi connectivity index (χ1) is 15.9. The minimum absolute atomic E-state index is 0.0934. The number of rotatable bonds is 9. The van der Waals surface area contributed by atoms with Crippen molar-refractivity contribution in [2.45, 2.75) is 52.1 Å². The van der Waals surface area contributed by atoms with E-state index in [2.05, 4.69) is 16.0 Å². The molecule has 1 aromatic rings. The van der Waals surface area contributed by atoms with Crippen LogP contribution in [0.1, 0.15) is 45.6 Å². The summed E-state index contributed by atoms with van der Waals surface area (Å²) in [5.74, 6) is -3.05. The summed E-state index contributed by atoms with van der Waals surface area (Å²) in [5.41, 5.74) is -0.176. The molecule has 1 fully saturated rings. The summed E-state index contributed by atoms with van der Waals surface area (Å²) in [5, 5.41) is 8.18. The smallest absolute Gasteiger partial charge is 0.328 e. The maximum Gasteiger partial charge on any atom is 0.328 e. The highest BCUT2D eigenvalue weighted by molar-refractivity contribution is 6.30. The van der Waals surface area contributed by atoms with Gasteiger partial charge in [0.25, 0.3) is 0 Å². The van der Waals surface area contributed by atoms with Crippen LogP contribution in [-0.4, -0.2) is 49.4 Å². The largest absolute Gasteiger partial charge is 0.467 e. The Bertz CT molecular complexity index is 960. The van der Waals surface area contributed by atoms with E-state index in [-0.39, 0.29) is 34.7 Å². The minimum atomic E-state index is -1.04. The van der Waals surface area contributed by atoms with Crippen LogP contribution in [0.25, 0.3) is 6.08 Å². The van der Waals surface area contributed by atoms with Gasteiger partial charge >= 0.3 is 5.97 Å². The van der Waals surface area contributed by atoms with E-state index in [9.17, 15) is 23.6 Å². The molecule has 2 rings (SSSR count). The molecule has 1 saturated heterocycles. The summed E-state index contributed by atoms with van der Waals surface area (Å²) in [6.45, 7) is 6.21. The SMILES string of the molecule is COC(=O)[C@H](C[C@@H]1CCNC1=O)NC(=O)[C@H](CC(C)(C)C)NC(=O)/C=C/c1ccc(Cl)cc1F. The van der Waals surface area contributed by atoms with Gasteiger partial charge in [0, 0.05) is 29.1 Å². The molecule has 34 heavy (non-hydrogen) atoms. The van der Waals surface area contributed by atoms with E-state index in [0.29, 0.717) is 13.0 Å². The van der Waals surface area contributed by atoms with Gasteiger partial charge in [-0.3, -0.25) is 14.4 Å². The van der Waals surface area contributed by atoms with Crippen molar-refractivity contribution in [1.29, 1.82) is 0 Å². The number of hydrogen-bond acceptors (Lipinski definition) is 5. The van der Waals surface area contributed by atoms with Crippen LogP contribution in [0.5, 0.6) is 0 Å². The molecule has 3 amide bonds. The van der Waals surface area contributed by atoms with E-state index in [1.807, 2.05) is 20.8 Å². The van der Waals surface area contributed by atoms with Crippen molar-refractivity contribution in [3.05, 3.63) is 40.7 Å². The summed E-state index contributed by atoms with van der Waals surface area (Å²) in [6, 6.07) is 2.05. The molecule has 1 aliphatic rings. The van der Waals surface area contributed by atoms with Crippen LogP contribution in [0.2, 0.25) is 5.02 Å². The maximum absolute atomic E-state index is 14.0. The number of amides is 3. The van der Waals surface area contributed by atoms with Gasteiger partial charge in [0.15, 0.2) is 0 Å². The Labute approximate surface area is 203 Å². The third kappa shape index (κ3) is 8.44. The number of benzene rings is 1. The van der Waals surface area contributed by atoms with Crippen LogP contribution in [-0.2, 0) is 23.9 Å². The normalized spacial score (nSPS) is 17.7. The predicted molar refractivity (Wildman–Crippen MR) is 126 cm³/mol. The highest BCUT2D eigenvalue weighted by Crippen LogP contribution is 2.22. The standard InChI is InChI=1S/C24H31ClFN3O5/c1-24(2,3)13-19(28-20(30)8-6-14-5-7-16(25)12-17(14)26)22(32)29-18(23(33)34-4)11-15-9-10-27-21(15)31/h5-8,12,15,18-19H,9-11,13H2,1-4H3,(H,27,31)(H,28,30)(H,29,32)/b8-6+/t15-,18-,19-/m0/s1. The molecule has 0 unspecified atom stereocenters. The Hall–Kier alpha value is -2.94. The predicted octanol–water partition coefficient (Wildman–Crippen LogP) is 2.60. The van der Waals surface area contributed by atoms with Crippen molar-refractivity contribution in [3.8, 4) is 0 Å². The average Bonchev–Trinajstić information content (AvgIpc) is 3.15. The quantitative estimate of drug-likeness (QED) is 0.360. The Morgan fingerprint density at radius 1 is 1.26 bits per heavy atom. The number of esters is 1. The molecule has 10 heteroatoms. The van der Waals surface area contributed by atoms with Crippen molar-refractivity contribution < 1.29 is 28.3 Å². The second-order valence-electron chi connectivity index (χ2n) is 9.42. The zero-order chi connectivity index (χ0) is 25.5. The summed E-state index contributed by atoms with van der Waals surface area (Å²) in [4.78, 5) is 49.8. The van der Waals surface area contributed by atoms with Crippen LogP contribution in [0.15, 0.2) is 24.3 Å². The van der Waals surface area contributed by atoms with Gasteiger partial charge in [0.05, 0.1) is 7.11 Å². The van der Waals surface area contributed by atoms with E-state index in [4.69, 9.17) is 16.3 Å². The monoisotopic (exact) mass is 495 g/mol. The molecule has 186 valence electrons. The van der Waals surface area contributed by atoms with Crippen molar-refractivity contribution in [2.75, 3.05) is 13.7 Å². The molecule has 0 saturated carbocycles. The molecular weight excluding hydrogens is 465 g/mol. The Morgan fingerprint density at radius 3 is 2.53 bits per heavy atom. The fourth-order valence-electron chi connectivity index (χ4n) is 3.63. The number of methoxy groups -OCH3 is 1. The van der Waals surface area contributed by atoms with Gasteiger partial charge < -0.3 is 20.7 Å². The van der Waals surface area contributed by atoms with Crippen molar-refractivity contribution >= 4 is 41.4 Å². The first kappa shape index (κ1) is 27.3. The minimum Gasteiger partial charge on any atom is -0.467 e. The number of ether oxygens (including phenoxy) is 1. The highest BCUT2D eigenvalue weighted by atomic mass is 35.5. The van der Waals surface area contributed by atoms with E-state index < -0.39 is 41.6 Å². The first-order valence-electron chi connectivity index (χ1n) is 11.0. The number of carbonyl (C=O) groups excluding carboxylic acids is 4. The lowest BCUT2D eigenvalue weighted by molar-refractivity contribution is -0.146. The fourth-order valence-corrected chi connectivity index (χ4v) is 3.79. The number of hydrogen-bond donors (Lipinski definition) is 3. The molecule has 0 radical (unpaired) electrons. The molecule has 8 nitrogen and oxygen atoms in total. The van der Waals surface area contributed by atoms with E-state index >= 15 is 0 Å². The molecule has 3 atom stereocenters. The fraction of sp³-hybridized carbons (Fsp3) is 0.500. The van der Waals surface area contributed by atoms with Crippen molar-refractivity contribution in [2.24, 2.45) is 11.3 Å². The third-order valence-electron chi connectivity index (χ3n) is 5.31. The average molecular weight is 496 g/mol. The van der Waals surface area contributed by atoms with Crippen LogP contribution in [0, 0.1) is 17.2 Å². The van der Waals surface area contributed by atoms with Crippen molar-refractivity contribution in [1.82, 2.24) is 16.0 Å². The summed E-state index contributed by atoms with van der Waals surface area (Å²) in [6.07, 6.45) is 3.32. The topological polar surface area (TPSA) is 114 Å². The Balaban J connectivity index is 2.13. The van der Waals surface area contributed by atoms with Gasteiger partial charge in [-0.05, 0) is 42.9 Å². The zero-order valence-electron chi connectivity index (χ0n) is 19.7. The van der Waals surface area contributed by atoms with Crippen molar-refractivity contribution in [3.63, 3.8) is 0 Å². The van der Waals surface area contributed by atoms with E-state index in [1.165, 1.54) is 25.3 Å². The maximum atomic E-state index is 14.0. The van der Waals surface area contributed by atoms with Gasteiger partial charge in [-0.15, -0.1) is 0 Å². The molecule has 3 N–H and O–H groups in total. The Kier molecular flexibility index (Phi) is 9.61. The van der Waals surface area contributed by atoms with Crippen LogP contribution in [0.4, 0.5) is 4.39 Å². The Morgan fingerprint density at radius 2 is 1.97 bits per heavy atom. The van der Waals surface area contributed by atoms with Crippen LogP contribution >= 0.6 is 11.6 Å². The van der Waals surface area contributed by atoms with Gasteiger partial charge in [0.1, 0.15) is 17.9 Å². The summed E-state index contributed by atoms with van der Waals surface area (Å²) in [7, 11) is 1.20. The summed E-state index contributed by atoms with van der Waals surface area (Å²) < 4.78 is 18.8. The lowest BCUT2D eigenvalue weighted by atomic mass is 9.87. The molecule has 1 heterocycles. The number of carbonyl (C=O) groups is 4. The van der Waals surface area contributed by atoms with E-state index in [0.717, 1.165) is 12.1 Å². The second kappa shape index (κ2) is 12.0. The van der Waals surface area contributed by atoms with Gasteiger partial charge in [-0.25, -0.2) is 9.18 Å². The lowest BCUT2D eigenvalue weighted by Crippen LogP contribution is -2.53. The molecule has 0 aromatic heterocycles. The van der Waals surface area contributed by atoms with Gasteiger partial charge in [0.2, 0.25) is 17.7 Å². The van der Waals surface area contributed by atoms with Crippen LogP contribution in [0.3, 0.4) is 0 Å². The first-order valence-corrected chi connectivity index (χ1v) is 11.4. The molecule has 0 spiro atoms. The lowest BCUT2D eigenvalue weighted by Gasteiger charge is -2.27. The molecular formula is C24H31ClFN3O5. The molecule has 0 bridgehead atoms. The zero-order valence-corrected chi connectivity index (χ0v) is 20.5. The van der Waals surface area contributed by atoms with E-state index in [1.54, 1.807) is 0 Å². The highest BCUT2D eigenvalue weighted by Gasteiger charge is 2.34. The summed E-state index contributed by atoms with van der Waals surface area (Å²) >= 11 is 5.74. The molecule has 1 aliphatic heterocycles. The number of nitrogens with one attached hydrogen (secondary N) is 3. The second-order valence-corrected chi connectivity index (χ2v) is 9.86.